The highest BCUT2D eigenvalue weighted by atomic mass is 32.2. The molecule has 1 N–H and O–H groups in total. The maximum atomic E-state index is 13.6. The van der Waals surface area contributed by atoms with Gasteiger partial charge in [0.2, 0.25) is 0 Å². The zero-order chi connectivity index (χ0) is 21.6. The fourth-order valence-electron chi connectivity index (χ4n) is 3.06. The third kappa shape index (κ3) is 4.63. The largest absolute Gasteiger partial charge is 0.497 e. The number of nitrogens with one attached hydrogen (secondary N) is 1. The maximum Gasteiger partial charge on any atom is 0.264 e. The van der Waals surface area contributed by atoms with Crippen LogP contribution in [0.15, 0.2) is 83.8 Å². The highest BCUT2D eigenvalue weighted by Gasteiger charge is 2.28. The first-order valence-electron chi connectivity index (χ1n) is 9.55. The smallest absolute Gasteiger partial charge is 0.264 e. The lowest BCUT2D eigenvalue weighted by molar-refractivity contribution is 0.0956. The average molecular weight is 425 g/mol. The molecule has 6 nitrogen and oxygen atoms in total. The quantitative estimate of drug-likeness (QED) is 0.596. The standard InChI is InChI=1S/C23H24N2O4S/c1-3-24-23(26)21-11-7-8-12-22(21)25(17-18-9-5-4-6-10-18)30(27,28)20-15-13-19(29-2)14-16-20/h4-16H,3,17H2,1-2H3,(H,24,26). The molecule has 0 aliphatic carbocycles. The van der Waals surface area contributed by atoms with Crippen LogP contribution in [0.1, 0.15) is 22.8 Å². The average Bonchev–Trinajstić information content (AvgIpc) is 2.78. The van der Waals surface area contributed by atoms with Gasteiger partial charge in [-0.2, -0.15) is 0 Å². The summed E-state index contributed by atoms with van der Waals surface area (Å²) in [6.45, 7) is 2.35. The minimum Gasteiger partial charge on any atom is -0.497 e. The van der Waals surface area contributed by atoms with Gasteiger partial charge in [-0.25, -0.2) is 8.42 Å². The van der Waals surface area contributed by atoms with Crippen LogP contribution in [0.2, 0.25) is 0 Å². The van der Waals surface area contributed by atoms with Gasteiger partial charge in [0.25, 0.3) is 15.9 Å². The summed E-state index contributed by atoms with van der Waals surface area (Å²) in [5.41, 5.74) is 1.43. The van der Waals surface area contributed by atoms with E-state index in [1.165, 1.54) is 23.5 Å². The molecule has 30 heavy (non-hydrogen) atoms. The molecule has 3 rings (SSSR count). The van der Waals surface area contributed by atoms with Crippen molar-refractivity contribution < 1.29 is 17.9 Å². The van der Waals surface area contributed by atoms with Crippen molar-refractivity contribution in [3.05, 3.63) is 90.0 Å². The SMILES string of the molecule is CCNC(=O)c1ccccc1N(Cc1ccccc1)S(=O)(=O)c1ccc(OC)cc1. The Labute approximate surface area is 177 Å². The molecule has 0 unspecified atom stereocenters. The number of rotatable bonds is 8. The summed E-state index contributed by atoms with van der Waals surface area (Å²) < 4.78 is 33.7. The second-order valence-corrected chi connectivity index (χ2v) is 8.41. The van der Waals surface area contributed by atoms with Crippen molar-refractivity contribution in [1.29, 1.82) is 0 Å². The van der Waals surface area contributed by atoms with Gasteiger partial charge in [-0.15, -0.1) is 0 Å². The van der Waals surface area contributed by atoms with Crippen molar-refractivity contribution >= 4 is 21.6 Å². The predicted molar refractivity (Wildman–Crippen MR) is 117 cm³/mol. The third-order valence-electron chi connectivity index (χ3n) is 4.57. The van der Waals surface area contributed by atoms with Crippen LogP contribution in [0.3, 0.4) is 0 Å². The number of ether oxygens (including phenoxy) is 1. The number of nitrogens with zero attached hydrogens (tertiary/aromatic N) is 1. The molecule has 0 radical (unpaired) electrons. The Morgan fingerprint density at radius 3 is 2.20 bits per heavy atom. The summed E-state index contributed by atoms with van der Waals surface area (Å²) in [4.78, 5) is 12.7. The van der Waals surface area contributed by atoms with E-state index < -0.39 is 10.0 Å². The summed E-state index contributed by atoms with van der Waals surface area (Å²) in [7, 11) is -2.43. The fourth-order valence-corrected chi connectivity index (χ4v) is 4.53. The van der Waals surface area contributed by atoms with Gasteiger partial charge in [-0.1, -0.05) is 42.5 Å². The molecule has 0 bridgehead atoms. The molecular weight excluding hydrogens is 400 g/mol. The fraction of sp³-hybridized carbons (Fsp3) is 0.174. The van der Waals surface area contributed by atoms with Gasteiger partial charge in [0.05, 0.1) is 29.8 Å². The number of sulfonamides is 1. The zero-order valence-electron chi connectivity index (χ0n) is 16.9. The molecule has 0 heterocycles. The highest BCUT2D eigenvalue weighted by molar-refractivity contribution is 7.92. The number of benzene rings is 3. The first kappa shape index (κ1) is 21.4. The van der Waals surface area contributed by atoms with Crippen LogP contribution in [-0.4, -0.2) is 28.0 Å². The Kier molecular flexibility index (Phi) is 6.74. The Morgan fingerprint density at radius 2 is 1.57 bits per heavy atom. The van der Waals surface area contributed by atoms with E-state index in [4.69, 9.17) is 4.74 Å². The van der Waals surface area contributed by atoms with Crippen LogP contribution in [0.25, 0.3) is 0 Å². The molecule has 3 aromatic rings. The summed E-state index contributed by atoms with van der Waals surface area (Å²) in [5.74, 6) is 0.238. The minimum atomic E-state index is -3.95. The summed E-state index contributed by atoms with van der Waals surface area (Å²) in [6, 6.07) is 22.2. The number of amides is 1. The van der Waals surface area contributed by atoms with Gasteiger partial charge in [-0.05, 0) is 48.9 Å². The molecule has 0 aliphatic rings. The number of carbonyl (C=O) groups is 1. The van der Waals surface area contributed by atoms with Gasteiger partial charge < -0.3 is 10.1 Å². The zero-order valence-corrected chi connectivity index (χ0v) is 17.7. The van der Waals surface area contributed by atoms with E-state index in [0.29, 0.717) is 23.5 Å². The van der Waals surface area contributed by atoms with E-state index >= 15 is 0 Å². The van der Waals surface area contributed by atoms with Gasteiger partial charge in [0, 0.05) is 6.54 Å². The van der Waals surface area contributed by atoms with Crippen LogP contribution >= 0.6 is 0 Å². The molecule has 0 saturated carbocycles. The van der Waals surface area contributed by atoms with Gasteiger partial charge >= 0.3 is 0 Å². The van der Waals surface area contributed by atoms with Crippen molar-refractivity contribution in [3.63, 3.8) is 0 Å². The molecular formula is C23H24N2O4S. The molecule has 7 heteroatoms. The minimum absolute atomic E-state index is 0.0889. The van der Waals surface area contributed by atoms with Gasteiger partial charge in [0.15, 0.2) is 0 Å². The topological polar surface area (TPSA) is 75.7 Å². The summed E-state index contributed by atoms with van der Waals surface area (Å²) in [5, 5.41) is 2.75. The van der Waals surface area contributed by atoms with E-state index in [0.717, 1.165) is 5.56 Å². The van der Waals surface area contributed by atoms with Crippen LogP contribution in [0, 0.1) is 0 Å². The van der Waals surface area contributed by atoms with Crippen molar-refractivity contribution in [1.82, 2.24) is 5.32 Å². The number of carbonyl (C=O) groups excluding carboxylic acids is 1. The number of hydrogen-bond donors (Lipinski definition) is 1. The van der Waals surface area contributed by atoms with Crippen LogP contribution < -0.4 is 14.4 Å². The van der Waals surface area contributed by atoms with Crippen LogP contribution in [0.5, 0.6) is 5.75 Å². The van der Waals surface area contributed by atoms with Crippen molar-refractivity contribution in [2.75, 3.05) is 18.0 Å². The molecule has 0 spiro atoms. The van der Waals surface area contributed by atoms with E-state index in [2.05, 4.69) is 5.32 Å². The molecule has 0 fully saturated rings. The summed E-state index contributed by atoms with van der Waals surface area (Å²) in [6.07, 6.45) is 0. The Bertz CT molecular complexity index is 1100. The molecule has 156 valence electrons. The van der Waals surface area contributed by atoms with E-state index in [9.17, 15) is 13.2 Å². The normalized spacial score (nSPS) is 11.0. The first-order valence-corrected chi connectivity index (χ1v) is 11.0. The van der Waals surface area contributed by atoms with E-state index in [1.54, 1.807) is 36.4 Å². The number of methoxy groups -OCH3 is 1. The second-order valence-electron chi connectivity index (χ2n) is 6.55. The number of anilines is 1. The molecule has 0 aromatic heterocycles. The monoisotopic (exact) mass is 424 g/mol. The lowest BCUT2D eigenvalue weighted by Crippen LogP contribution is -2.33. The van der Waals surface area contributed by atoms with Crippen molar-refractivity contribution in [2.24, 2.45) is 0 Å². The molecule has 0 aliphatic heterocycles. The van der Waals surface area contributed by atoms with Gasteiger partial charge in [-0.3, -0.25) is 9.10 Å². The second kappa shape index (κ2) is 9.45. The Balaban J connectivity index is 2.13. The molecule has 1 amide bonds. The first-order chi connectivity index (χ1) is 14.5. The molecule has 3 aromatic carbocycles. The van der Waals surface area contributed by atoms with E-state index in [-0.39, 0.29) is 17.3 Å². The van der Waals surface area contributed by atoms with Crippen LogP contribution in [-0.2, 0) is 16.6 Å². The number of hydrogen-bond acceptors (Lipinski definition) is 4. The number of para-hydroxylation sites is 1. The maximum absolute atomic E-state index is 13.6. The van der Waals surface area contributed by atoms with Gasteiger partial charge in [0.1, 0.15) is 5.75 Å². The Morgan fingerprint density at radius 1 is 0.933 bits per heavy atom. The van der Waals surface area contributed by atoms with Crippen molar-refractivity contribution in [3.8, 4) is 5.75 Å². The Hall–Kier alpha value is -3.32. The third-order valence-corrected chi connectivity index (χ3v) is 6.35. The molecule has 0 atom stereocenters. The lowest BCUT2D eigenvalue weighted by Gasteiger charge is -2.26. The van der Waals surface area contributed by atoms with Crippen molar-refractivity contribution in [2.45, 2.75) is 18.4 Å². The molecule has 0 saturated heterocycles. The predicted octanol–water partition coefficient (Wildman–Crippen LogP) is 3.84. The van der Waals surface area contributed by atoms with E-state index in [1.807, 2.05) is 37.3 Å². The lowest BCUT2D eigenvalue weighted by atomic mass is 10.1. The summed E-state index contributed by atoms with van der Waals surface area (Å²) >= 11 is 0. The highest BCUT2D eigenvalue weighted by Crippen LogP contribution is 2.30. The van der Waals surface area contributed by atoms with Crippen LogP contribution in [0.4, 0.5) is 5.69 Å².